The summed E-state index contributed by atoms with van der Waals surface area (Å²) in [4.78, 5) is 32.8. The van der Waals surface area contributed by atoms with Crippen LogP contribution < -0.4 is 5.32 Å². The second kappa shape index (κ2) is 8.09. The van der Waals surface area contributed by atoms with Gasteiger partial charge < -0.3 is 10.2 Å². The van der Waals surface area contributed by atoms with Crippen LogP contribution in [0, 0.1) is 26.2 Å². The van der Waals surface area contributed by atoms with Crippen molar-refractivity contribution in [2.45, 2.75) is 47.1 Å². The van der Waals surface area contributed by atoms with Gasteiger partial charge in [-0.1, -0.05) is 28.5 Å². The van der Waals surface area contributed by atoms with Crippen LogP contribution in [0.3, 0.4) is 0 Å². The van der Waals surface area contributed by atoms with Gasteiger partial charge in [-0.3, -0.25) is 14.6 Å². The van der Waals surface area contributed by atoms with Gasteiger partial charge in [0.15, 0.2) is 0 Å². The Kier molecular flexibility index (Phi) is 5.47. The SMILES string of the molecule is Cc1nc2c(C)cccc2cc1C(=O)N1CCC[C@](C)(C(=O)NCc2nonc2C)C1. The highest BCUT2D eigenvalue weighted by Gasteiger charge is 2.39. The largest absolute Gasteiger partial charge is 0.350 e. The van der Waals surface area contributed by atoms with Crippen LogP contribution in [0.5, 0.6) is 0 Å². The second-order valence-electron chi connectivity index (χ2n) is 8.64. The predicted molar refractivity (Wildman–Crippen MR) is 115 cm³/mol. The van der Waals surface area contributed by atoms with Crippen LogP contribution in [0.1, 0.15) is 52.8 Å². The summed E-state index contributed by atoms with van der Waals surface area (Å²) in [6, 6.07) is 7.87. The quantitative estimate of drug-likeness (QED) is 0.695. The van der Waals surface area contributed by atoms with Crippen LogP contribution in [0.25, 0.3) is 10.9 Å². The fourth-order valence-electron chi connectivity index (χ4n) is 4.21. The average molecular weight is 422 g/mol. The molecule has 8 heteroatoms. The number of amides is 2. The summed E-state index contributed by atoms with van der Waals surface area (Å²) < 4.78 is 4.68. The minimum absolute atomic E-state index is 0.0799. The van der Waals surface area contributed by atoms with Gasteiger partial charge in [-0.15, -0.1) is 0 Å². The number of fused-ring (bicyclic) bond motifs is 1. The normalized spacial score (nSPS) is 18.9. The number of carbonyl (C=O) groups excluding carboxylic acids is 2. The van der Waals surface area contributed by atoms with E-state index in [9.17, 15) is 9.59 Å². The van der Waals surface area contributed by atoms with E-state index < -0.39 is 5.41 Å². The summed E-state index contributed by atoms with van der Waals surface area (Å²) in [7, 11) is 0. The lowest BCUT2D eigenvalue weighted by Crippen LogP contribution is -2.52. The van der Waals surface area contributed by atoms with E-state index in [1.165, 1.54) is 0 Å². The molecule has 4 rings (SSSR count). The van der Waals surface area contributed by atoms with Crippen molar-refractivity contribution in [3.8, 4) is 0 Å². The first-order chi connectivity index (χ1) is 14.8. The molecule has 3 heterocycles. The number of rotatable bonds is 4. The number of pyridine rings is 1. The number of para-hydroxylation sites is 1. The maximum Gasteiger partial charge on any atom is 0.255 e. The van der Waals surface area contributed by atoms with Crippen molar-refractivity contribution < 1.29 is 14.2 Å². The molecule has 2 amide bonds. The minimum Gasteiger partial charge on any atom is -0.350 e. The number of carbonyl (C=O) groups is 2. The molecule has 162 valence electrons. The van der Waals surface area contributed by atoms with Crippen LogP contribution in [-0.2, 0) is 11.3 Å². The fourth-order valence-corrected chi connectivity index (χ4v) is 4.21. The molecule has 1 aliphatic heterocycles. The summed E-state index contributed by atoms with van der Waals surface area (Å²) in [5.74, 6) is -0.180. The summed E-state index contributed by atoms with van der Waals surface area (Å²) in [6.07, 6.45) is 1.48. The molecule has 8 nitrogen and oxygen atoms in total. The van der Waals surface area contributed by atoms with Crippen molar-refractivity contribution in [1.29, 1.82) is 0 Å². The number of hydrogen-bond donors (Lipinski definition) is 1. The molecule has 3 aromatic rings. The first-order valence-electron chi connectivity index (χ1n) is 10.5. The second-order valence-corrected chi connectivity index (χ2v) is 8.64. The Labute approximate surface area is 181 Å². The van der Waals surface area contributed by atoms with Crippen LogP contribution in [0.2, 0.25) is 0 Å². The fraction of sp³-hybridized carbons (Fsp3) is 0.435. The van der Waals surface area contributed by atoms with Crippen LogP contribution in [-0.4, -0.2) is 45.1 Å². The zero-order valence-electron chi connectivity index (χ0n) is 18.4. The van der Waals surface area contributed by atoms with E-state index in [4.69, 9.17) is 0 Å². The number of nitrogens with zero attached hydrogens (tertiary/aromatic N) is 4. The topological polar surface area (TPSA) is 101 Å². The van der Waals surface area contributed by atoms with Gasteiger partial charge in [-0.2, -0.15) is 0 Å². The standard InChI is InChI=1S/C23H27N5O3/c1-14-7-5-8-17-11-18(15(2)25-20(14)17)21(29)28-10-6-9-23(4,13-28)22(30)24-12-19-16(3)26-31-27-19/h5,7-8,11H,6,9-10,12-13H2,1-4H3,(H,24,30)/t23-/m0/s1. The van der Waals surface area contributed by atoms with E-state index in [1.54, 1.807) is 11.8 Å². The van der Waals surface area contributed by atoms with Gasteiger partial charge in [0.05, 0.1) is 28.7 Å². The van der Waals surface area contributed by atoms with Gasteiger partial charge in [-0.25, -0.2) is 4.63 Å². The summed E-state index contributed by atoms with van der Waals surface area (Å²) in [6.45, 7) is 8.81. The van der Waals surface area contributed by atoms with Gasteiger partial charge in [0.1, 0.15) is 11.4 Å². The number of piperidine rings is 1. The zero-order chi connectivity index (χ0) is 22.2. The smallest absolute Gasteiger partial charge is 0.255 e. The number of benzene rings is 1. The van der Waals surface area contributed by atoms with E-state index in [1.807, 2.05) is 45.0 Å². The lowest BCUT2D eigenvalue weighted by Gasteiger charge is -2.39. The average Bonchev–Trinajstić information content (AvgIpc) is 3.16. The molecule has 0 saturated carbocycles. The Bertz CT molecular complexity index is 1160. The van der Waals surface area contributed by atoms with Crippen molar-refractivity contribution >= 4 is 22.7 Å². The van der Waals surface area contributed by atoms with E-state index in [2.05, 4.69) is 25.2 Å². The predicted octanol–water partition coefficient (Wildman–Crippen LogP) is 3.10. The highest BCUT2D eigenvalue weighted by molar-refractivity contribution is 5.99. The third-order valence-corrected chi connectivity index (χ3v) is 6.16. The van der Waals surface area contributed by atoms with Gasteiger partial charge in [0.2, 0.25) is 5.91 Å². The van der Waals surface area contributed by atoms with Crippen LogP contribution in [0.15, 0.2) is 28.9 Å². The maximum atomic E-state index is 13.4. The molecule has 0 aliphatic carbocycles. The molecule has 0 bridgehead atoms. The molecule has 2 aromatic heterocycles. The molecule has 31 heavy (non-hydrogen) atoms. The number of aromatic nitrogens is 3. The van der Waals surface area contributed by atoms with Crippen LogP contribution in [0.4, 0.5) is 0 Å². The lowest BCUT2D eigenvalue weighted by molar-refractivity contribution is -0.132. The number of nitrogens with one attached hydrogen (secondary N) is 1. The Morgan fingerprint density at radius 3 is 2.74 bits per heavy atom. The number of hydrogen-bond acceptors (Lipinski definition) is 6. The Balaban J connectivity index is 1.52. The third kappa shape index (κ3) is 4.02. The first kappa shape index (κ1) is 21.0. The van der Waals surface area contributed by atoms with Crippen molar-refractivity contribution in [1.82, 2.24) is 25.5 Å². The van der Waals surface area contributed by atoms with Gasteiger partial charge in [0, 0.05) is 18.5 Å². The monoisotopic (exact) mass is 421 g/mol. The summed E-state index contributed by atoms with van der Waals surface area (Å²) in [5, 5.41) is 11.4. The van der Waals surface area contributed by atoms with Gasteiger partial charge in [0.25, 0.3) is 5.91 Å². The minimum atomic E-state index is -0.673. The summed E-state index contributed by atoms with van der Waals surface area (Å²) >= 11 is 0. The van der Waals surface area contributed by atoms with Gasteiger partial charge >= 0.3 is 0 Å². The molecular formula is C23H27N5O3. The Morgan fingerprint density at radius 1 is 1.19 bits per heavy atom. The third-order valence-electron chi connectivity index (χ3n) is 6.16. The molecule has 1 atom stereocenters. The van der Waals surface area contributed by atoms with E-state index >= 15 is 0 Å². The Morgan fingerprint density at radius 2 is 2.00 bits per heavy atom. The highest BCUT2D eigenvalue weighted by Crippen LogP contribution is 2.31. The highest BCUT2D eigenvalue weighted by atomic mass is 16.6. The van der Waals surface area contributed by atoms with Crippen LogP contribution >= 0.6 is 0 Å². The van der Waals surface area contributed by atoms with Crippen molar-refractivity contribution in [3.63, 3.8) is 0 Å². The molecular weight excluding hydrogens is 394 g/mol. The molecule has 1 N–H and O–H groups in total. The van der Waals surface area contributed by atoms with Crippen molar-refractivity contribution in [3.05, 3.63) is 52.5 Å². The number of likely N-dealkylation sites (tertiary alicyclic amines) is 1. The van der Waals surface area contributed by atoms with Gasteiger partial charge in [-0.05, 0) is 52.2 Å². The number of aryl methyl sites for hydroxylation is 3. The maximum absolute atomic E-state index is 13.4. The molecule has 1 saturated heterocycles. The van der Waals surface area contributed by atoms with Crippen molar-refractivity contribution in [2.24, 2.45) is 5.41 Å². The molecule has 0 unspecified atom stereocenters. The summed E-state index contributed by atoms with van der Waals surface area (Å²) in [5.41, 5.74) is 3.88. The molecule has 0 radical (unpaired) electrons. The molecule has 0 spiro atoms. The van der Waals surface area contributed by atoms with E-state index in [-0.39, 0.29) is 18.4 Å². The Hall–Kier alpha value is -3.29. The lowest BCUT2D eigenvalue weighted by atomic mass is 9.80. The van der Waals surface area contributed by atoms with Crippen molar-refractivity contribution in [2.75, 3.05) is 13.1 Å². The molecule has 1 fully saturated rings. The van der Waals surface area contributed by atoms with E-state index in [0.717, 1.165) is 22.9 Å². The zero-order valence-corrected chi connectivity index (χ0v) is 18.4. The molecule has 1 aliphatic rings. The molecule has 1 aromatic carbocycles. The first-order valence-corrected chi connectivity index (χ1v) is 10.5. The van der Waals surface area contributed by atoms with E-state index in [0.29, 0.717) is 42.2 Å².